The zero-order valence-electron chi connectivity index (χ0n) is 15.8. The van der Waals surface area contributed by atoms with Crippen LogP contribution in [0.3, 0.4) is 0 Å². The molecule has 27 heavy (non-hydrogen) atoms. The first-order valence-electron chi connectivity index (χ1n) is 9.72. The number of fused-ring (bicyclic) bond motifs is 1. The molecule has 6 nitrogen and oxygen atoms in total. The highest BCUT2D eigenvalue weighted by Crippen LogP contribution is 2.34. The fourth-order valence-electron chi connectivity index (χ4n) is 3.42. The van der Waals surface area contributed by atoms with Gasteiger partial charge in [-0.05, 0) is 50.2 Å². The van der Waals surface area contributed by atoms with Gasteiger partial charge >= 0.3 is 0 Å². The number of aryl methyl sites for hydroxylation is 2. The minimum Gasteiger partial charge on any atom is -0.382 e. The van der Waals surface area contributed by atoms with E-state index in [1.165, 1.54) is 30.6 Å². The maximum absolute atomic E-state index is 6.10. The van der Waals surface area contributed by atoms with E-state index >= 15 is 0 Å². The highest BCUT2D eigenvalue weighted by molar-refractivity contribution is 7.99. The van der Waals surface area contributed by atoms with Crippen molar-refractivity contribution in [2.75, 3.05) is 11.5 Å². The Balaban J connectivity index is 1.38. The van der Waals surface area contributed by atoms with Crippen molar-refractivity contribution < 1.29 is 0 Å². The fraction of sp³-hybridized carbons (Fsp3) is 0.500. The second kappa shape index (κ2) is 8.25. The van der Waals surface area contributed by atoms with E-state index in [4.69, 9.17) is 10.7 Å². The van der Waals surface area contributed by atoms with Crippen LogP contribution >= 0.6 is 11.8 Å². The molecule has 3 aromatic rings. The quantitative estimate of drug-likeness (QED) is 0.342. The zero-order chi connectivity index (χ0) is 18.6. The molecule has 0 unspecified atom stereocenters. The van der Waals surface area contributed by atoms with Gasteiger partial charge in [-0.25, -0.2) is 19.9 Å². The fourth-order valence-corrected chi connectivity index (χ4v) is 4.22. The number of pyridine rings is 1. The van der Waals surface area contributed by atoms with Crippen LogP contribution in [-0.4, -0.2) is 30.3 Å². The first-order chi connectivity index (χ1) is 13.2. The highest BCUT2D eigenvalue weighted by Gasteiger charge is 2.25. The van der Waals surface area contributed by atoms with Crippen LogP contribution in [0, 0.1) is 12.8 Å². The molecule has 3 aromatic heterocycles. The predicted molar refractivity (Wildman–Crippen MR) is 110 cm³/mol. The Kier molecular flexibility index (Phi) is 5.57. The van der Waals surface area contributed by atoms with Crippen molar-refractivity contribution >= 4 is 28.6 Å². The molecule has 0 saturated heterocycles. The second-order valence-electron chi connectivity index (χ2n) is 7.29. The van der Waals surface area contributed by atoms with Crippen molar-refractivity contribution in [2.45, 2.75) is 57.1 Å². The van der Waals surface area contributed by atoms with Crippen LogP contribution < -0.4 is 5.73 Å². The Bertz CT molecular complexity index is 904. The van der Waals surface area contributed by atoms with Crippen molar-refractivity contribution in [3.8, 4) is 0 Å². The van der Waals surface area contributed by atoms with Crippen LogP contribution in [0.1, 0.15) is 43.5 Å². The van der Waals surface area contributed by atoms with E-state index in [1.54, 1.807) is 24.2 Å². The van der Waals surface area contributed by atoms with Crippen LogP contribution in [0.2, 0.25) is 0 Å². The first kappa shape index (κ1) is 18.2. The molecule has 142 valence electrons. The molecule has 0 atom stereocenters. The van der Waals surface area contributed by atoms with Gasteiger partial charge in [0.05, 0.1) is 5.52 Å². The Morgan fingerprint density at radius 3 is 2.74 bits per heavy atom. The molecule has 1 saturated carbocycles. The van der Waals surface area contributed by atoms with Gasteiger partial charge in [-0.15, -0.1) is 0 Å². The summed E-state index contributed by atoms with van der Waals surface area (Å²) in [6.07, 6.45) is 12.7. The third-order valence-electron chi connectivity index (χ3n) is 5.03. The standard InChI is InChI=1S/C20H26N6S/c1-14-13-24-19(21)17-18(14)26(16(25-17)12-15-6-7-15)10-3-2-4-11-27-20-22-8-5-9-23-20/h5,8-9,13,15H,2-4,6-7,10-12H2,1H3,(H2,21,24). The van der Waals surface area contributed by atoms with Crippen molar-refractivity contribution in [3.63, 3.8) is 0 Å². The zero-order valence-corrected chi connectivity index (χ0v) is 16.6. The summed E-state index contributed by atoms with van der Waals surface area (Å²) in [7, 11) is 0. The lowest BCUT2D eigenvalue weighted by Crippen LogP contribution is -2.06. The van der Waals surface area contributed by atoms with E-state index in [1.807, 2.05) is 12.3 Å². The lowest BCUT2D eigenvalue weighted by Gasteiger charge is -2.10. The average Bonchev–Trinajstić information content (AvgIpc) is 3.42. The number of nitrogen functional groups attached to an aromatic ring is 1. The van der Waals surface area contributed by atoms with Gasteiger partial charge in [0, 0.05) is 37.3 Å². The van der Waals surface area contributed by atoms with E-state index in [2.05, 4.69) is 26.4 Å². The number of aromatic nitrogens is 5. The largest absolute Gasteiger partial charge is 0.382 e. The molecule has 3 heterocycles. The average molecular weight is 383 g/mol. The summed E-state index contributed by atoms with van der Waals surface area (Å²) in [6, 6.07) is 1.85. The summed E-state index contributed by atoms with van der Waals surface area (Å²) >= 11 is 1.73. The number of imidazole rings is 1. The Morgan fingerprint density at radius 2 is 1.96 bits per heavy atom. The molecule has 0 amide bonds. The Hall–Kier alpha value is -2.15. The molecule has 0 spiro atoms. The molecule has 1 aliphatic carbocycles. The van der Waals surface area contributed by atoms with Gasteiger partial charge in [0.1, 0.15) is 11.3 Å². The van der Waals surface area contributed by atoms with Gasteiger partial charge in [-0.2, -0.15) is 0 Å². The lowest BCUT2D eigenvalue weighted by molar-refractivity contribution is 0.582. The highest BCUT2D eigenvalue weighted by atomic mass is 32.2. The molecule has 0 aromatic carbocycles. The van der Waals surface area contributed by atoms with Crippen LogP contribution in [0.5, 0.6) is 0 Å². The number of nitrogens with two attached hydrogens (primary N) is 1. The Labute approximate surface area is 164 Å². The number of hydrogen-bond donors (Lipinski definition) is 1. The number of thioether (sulfide) groups is 1. The van der Waals surface area contributed by atoms with E-state index in [-0.39, 0.29) is 0 Å². The summed E-state index contributed by atoms with van der Waals surface area (Å²) in [5.74, 6) is 3.59. The normalized spacial score (nSPS) is 14.1. The number of rotatable bonds is 9. The monoisotopic (exact) mass is 382 g/mol. The summed E-state index contributed by atoms with van der Waals surface area (Å²) in [5, 5.41) is 0.864. The van der Waals surface area contributed by atoms with Crippen molar-refractivity contribution in [1.82, 2.24) is 24.5 Å². The molecule has 0 radical (unpaired) electrons. The van der Waals surface area contributed by atoms with Crippen molar-refractivity contribution in [3.05, 3.63) is 36.0 Å². The molecule has 2 N–H and O–H groups in total. The van der Waals surface area contributed by atoms with Crippen LogP contribution in [-0.2, 0) is 13.0 Å². The van der Waals surface area contributed by atoms with Crippen LogP contribution in [0.4, 0.5) is 5.82 Å². The maximum Gasteiger partial charge on any atom is 0.187 e. The minimum absolute atomic E-state index is 0.547. The van der Waals surface area contributed by atoms with Crippen molar-refractivity contribution in [2.24, 2.45) is 5.92 Å². The van der Waals surface area contributed by atoms with Gasteiger partial charge in [0.15, 0.2) is 11.0 Å². The molecule has 7 heteroatoms. The van der Waals surface area contributed by atoms with E-state index < -0.39 is 0 Å². The van der Waals surface area contributed by atoms with E-state index in [0.717, 1.165) is 53.7 Å². The Morgan fingerprint density at radius 1 is 1.15 bits per heavy atom. The summed E-state index contributed by atoms with van der Waals surface area (Å²) in [4.78, 5) is 17.7. The molecule has 4 rings (SSSR count). The topological polar surface area (TPSA) is 82.5 Å². The summed E-state index contributed by atoms with van der Waals surface area (Å²) in [6.45, 7) is 3.10. The third-order valence-corrected chi connectivity index (χ3v) is 5.99. The van der Waals surface area contributed by atoms with Gasteiger partial charge < -0.3 is 10.3 Å². The number of hydrogen-bond acceptors (Lipinski definition) is 6. The predicted octanol–water partition coefficient (Wildman–Crippen LogP) is 4.03. The van der Waals surface area contributed by atoms with Gasteiger partial charge in [-0.1, -0.05) is 18.2 Å². The van der Waals surface area contributed by atoms with E-state index in [0.29, 0.717) is 5.82 Å². The second-order valence-corrected chi connectivity index (χ2v) is 8.35. The molecule has 0 aliphatic heterocycles. The molecular formula is C20H26N6S. The maximum atomic E-state index is 6.10. The number of anilines is 1. The van der Waals surface area contributed by atoms with Crippen molar-refractivity contribution in [1.29, 1.82) is 0 Å². The molecule has 1 fully saturated rings. The van der Waals surface area contributed by atoms with Gasteiger partial charge in [-0.3, -0.25) is 0 Å². The van der Waals surface area contributed by atoms with Gasteiger partial charge in [0.2, 0.25) is 0 Å². The third kappa shape index (κ3) is 4.40. The van der Waals surface area contributed by atoms with Crippen LogP contribution in [0.25, 0.3) is 11.0 Å². The molecular weight excluding hydrogens is 356 g/mol. The molecule has 1 aliphatic rings. The summed E-state index contributed by atoms with van der Waals surface area (Å²) < 4.78 is 2.40. The molecule has 0 bridgehead atoms. The van der Waals surface area contributed by atoms with Crippen LogP contribution in [0.15, 0.2) is 29.8 Å². The number of nitrogens with zero attached hydrogens (tertiary/aromatic N) is 5. The number of unbranched alkanes of at least 4 members (excludes halogenated alkanes) is 2. The SMILES string of the molecule is Cc1cnc(N)c2nc(CC3CC3)n(CCCCCSc3ncccn3)c12. The lowest BCUT2D eigenvalue weighted by atomic mass is 10.2. The first-order valence-corrected chi connectivity index (χ1v) is 10.7. The minimum atomic E-state index is 0.547. The van der Waals surface area contributed by atoms with Gasteiger partial charge in [0.25, 0.3) is 0 Å². The smallest absolute Gasteiger partial charge is 0.187 e. The summed E-state index contributed by atoms with van der Waals surface area (Å²) in [5.41, 5.74) is 9.31. The van der Waals surface area contributed by atoms with E-state index in [9.17, 15) is 0 Å².